The van der Waals surface area contributed by atoms with E-state index in [1.54, 1.807) is 24.3 Å². The number of amides is 1. The Labute approximate surface area is 147 Å². The van der Waals surface area contributed by atoms with E-state index in [9.17, 15) is 13.2 Å². The van der Waals surface area contributed by atoms with Crippen LogP contribution >= 0.6 is 0 Å². The molecular formula is C16H22N4O4S. The number of methoxy groups -OCH3 is 1. The molecule has 2 aromatic rings. The van der Waals surface area contributed by atoms with Crippen LogP contribution in [0.2, 0.25) is 0 Å². The number of sulfonamides is 1. The summed E-state index contributed by atoms with van der Waals surface area (Å²) in [7, 11) is -2.26. The second kappa shape index (κ2) is 8.24. The van der Waals surface area contributed by atoms with Crippen LogP contribution in [0.5, 0.6) is 0 Å². The fourth-order valence-corrected chi connectivity index (χ4v) is 3.03. The summed E-state index contributed by atoms with van der Waals surface area (Å²) in [4.78, 5) is 18.4. The highest BCUT2D eigenvalue weighted by Gasteiger charge is 2.18. The van der Waals surface area contributed by atoms with Gasteiger partial charge in [-0.25, -0.2) is 18.1 Å². The maximum Gasteiger partial charge on any atom is 0.257 e. The molecular weight excluding hydrogens is 344 g/mol. The molecule has 1 amide bonds. The average molecular weight is 366 g/mol. The summed E-state index contributed by atoms with van der Waals surface area (Å²) < 4.78 is 31.9. The predicted molar refractivity (Wildman–Crippen MR) is 93.6 cm³/mol. The van der Waals surface area contributed by atoms with Crippen LogP contribution in [0.3, 0.4) is 0 Å². The first-order valence-corrected chi connectivity index (χ1v) is 9.22. The number of aromatic amines is 1. The fourth-order valence-electron chi connectivity index (χ4n) is 2.09. The molecule has 0 aliphatic carbocycles. The molecule has 8 nitrogen and oxygen atoms in total. The van der Waals surface area contributed by atoms with Gasteiger partial charge < -0.3 is 15.0 Å². The van der Waals surface area contributed by atoms with Gasteiger partial charge in [0.25, 0.3) is 10.0 Å². The van der Waals surface area contributed by atoms with Crippen LogP contribution in [0, 0.1) is 0 Å². The number of benzene rings is 1. The molecule has 1 heterocycles. The highest BCUT2D eigenvalue weighted by molar-refractivity contribution is 7.89. The molecule has 0 unspecified atom stereocenters. The Morgan fingerprint density at radius 2 is 2.12 bits per heavy atom. The van der Waals surface area contributed by atoms with E-state index in [4.69, 9.17) is 4.74 Å². The smallest absolute Gasteiger partial charge is 0.257 e. The van der Waals surface area contributed by atoms with E-state index in [1.165, 1.54) is 13.3 Å². The summed E-state index contributed by atoms with van der Waals surface area (Å²) in [5.74, 6) is 0.443. The molecule has 0 aliphatic heterocycles. The number of aromatic nitrogens is 2. The van der Waals surface area contributed by atoms with E-state index in [0.29, 0.717) is 17.1 Å². The van der Waals surface area contributed by atoms with Gasteiger partial charge >= 0.3 is 0 Å². The molecule has 0 saturated carbocycles. The van der Waals surface area contributed by atoms with E-state index in [1.807, 2.05) is 13.8 Å². The van der Waals surface area contributed by atoms with Crippen molar-refractivity contribution in [3.63, 3.8) is 0 Å². The number of imidazole rings is 1. The Kier molecular flexibility index (Phi) is 6.29. The summed E-state index contributed by atoms with van der Waals surface area (Å²) in [6, 6.07) is 6.91. The number of rotatable bonds is 8. The first-order valence-electron chi connectivity index (χ1n) is 7.74. The van der Waals surface area contributed by atoms with Crippen molar-refractivity contribution >= 4 is 21.6 Å². The molecule has 0 spiro atoms. The fraction of sp³-hybridized carbons (Fsp3) is 0.375. The van der Waals surface area contributed by atoms with Crippen LogP contribution in [-0.4, -0.2) is 38.0 Å². The van der Waals surface area contributed by atoms with Crippen molar-refractivity contribution in [3.05, 3.63) is 41.9 Å². The normalized spacial score (nSPS) is 11.7. The van der Waals surface area contributed by atoms with E-state index >= 15 is 0 Å². The predicted octanol–water partition coefficient (Wildman–Crippen LogP) is 1.60. The molecule has 9 heteroatoms. The van der Waals surface area contributed by atoms with Gasteiger partial charge in [0, 0.05) is 25.3 Å². The Hall–Kier alpha value is -2.23. The Morgan fingerprint density at radius 1 is 1.36 bits per heavy atom. The summed E-state index contributed by atoms with van der Waals surface area (Å²) in [5, 5.41) is 2.70. The quantitative estimate of drug-likeness (QED) is 0.657. The van der Waals surface area contributed by atoms with Gasteiger partial charge in [0.1, 0.15) is 12.4 Å². The average Bonchev–Trinajstić information content (AvgIpc) is 3.05. The summed E-state index contributed by atoms with van der Waals surface area (Å²) in [6.07, 6.45) is 1.30. The third kappa shape index (κ3) is 5.38. The third-order valence-corrected chi connectivity index (χ3v) is 4.67. The zero-order valence-corrected chi connectivity index (χ0v) is 15.2. The molecule has 0 saturated heterocycles. The Balaban J connectivity index is 2.03. The molecule has 0 bridgehead atoms. The minimum Gasteiger partial charge on any atom is -0.375 e. The van der Waals surface area contributed by atoms with Crippen molar-refractivity contribution in [1.29, 1.82) is 0 Å². The molecule has 1 aromatic carbocycles. The number of H-pyrrole nitrogens is 1. The van der Waals surface area contributed by atoms with Gasteiger partial charge in [0.2, 0.25) is 5.91 Å². The number of carbonyl (C=O) groups is 1. The van der Waals surface area contributed by atoms with Crippen molar-refractivity contribution in [3.8, 4) is 0 Å². The van der Waals surface area contributed by atoms with Gasteiger partial charge in [0.05, 0.1) is 6.20 Å². The standard InChI is InChI=1S/C16H22N4O4S/c1-11(2)16-17-9-15(20-16)25(22,23)18-8-12-5-4-6-13(7-12)19-14(21)10-24-3/h4-7,9,11,18H,8,10H2,1-3H3,(H,17,20)(H,19,21). The van der Waals surface area contributed by atoms with Gasteiger partial charge in [0.15, 0.2) is 5.03 Å². The van der Waals surface area contributed by atoms with Crippen molar-refractivity contribution in [2.45, 2.75) is 31.3 Å². The summed E-state index contributed by atoms with van der Waals surface area (Å²) in [6.45, 7) is 3.89. The van der Waals surface area contributed by atoms with Crippen molar-refractivity contribution in [2.75, 3.05) is 19.0 Å². The van der Waals surface area contributed by atoms with Crippen LogP contribution in [0.4, 0.5) is 5.69 Å². The number of carbonyl (C=O) groups excluding carboxylic acids is 1. The minimum atomic E-state index is -3.69. The first-order chi connectivity index (χ1) is 11.8. The van der Waals surface area contributed by atoms with Crippen molar-refractivity contribution in [1.82, 2.24) is 14.7 Å². The lowest BCUT2D eigenvalue weighted by Crippen LogP contribution is -2.24. The van der Waals surface area contributed by atoms with E-state index < -0.39 is 10.0 Å². The van der Waals surface area contributed by atoms with Gasteiger partial charge in [-0.2, -0.15) is 0 Å². The van der Waals surface area contributed by atoms with Gasteiger partial charge in [-0.05, 0) is 17.7 Å². The zero-order valence-electron chi connectivity index (χ0n) is 14.4. The number of nitrogens with one attached hydrogen (secondary N) is 3. The number of ether oxygens (including phenoxy) is 1. The lowest BCUT2D eigenvalue weighted by Gasteiger charge is -2.08. The lowest BCUT2D eigenvalue weighted by molar-refractivity contribution is -0.119. The molecule has 25 heavy (non-hydrogen) atoms. The third-order valence-electron chi connectivity index (χ3n) is 3.36. The van der Waals surface area contributed by atoms with Crippen LogP contribution in [0.1, 0.15) is 31.2 Å². The SMILES string of the molecule is COCC(=O)Nc1cccc(CNS(=O)(=O)c2cnc(C(C)C)[nH]2)c1. The number of nitrogens with zero attached hydrogens (tertiary/aromatic N) is 1. The molecule has 0 fully saturated rings. The van der Waals surface area contributed by atoms with Crippen molar-refractivity contribution < 1.29 is 17.9 Å². The zero-order chi connectivity index (χ0) is 18.4. The van der Waals surface area contributed by atoms with E-state index in [0.717, 1.165) is 0 Å². The molecule has 2 rings (SSSR count). The largest absolute Gasteiger partial charge is 0.375 e. The Morgan fingerprint density at radius 3 is 2.76 bits per heavy atom. The molecule has 136 valence electrons. The second-order valence-corrected chi connectivity index (χ2v) is 7.53. The van der Waals surface area contributed by atoms with Crippen LogP contribution in [0.15, 0.2) is 35.5 Å². The Bertz CT molecular complexity index is 830. The number of anilines is 1. The van der Waals surface area contributed by atoms with E-state index in [2.05, 4.69) is 20.0 Å². The molecule has 0 radical (unpaired) electrons. The molecule has 0 atom stereocenters. The van der Waals surface area contributed by atoms with Gasteiger partial charge in [-0.15, -0.1) is 0 Å². The van der Waals surface area contributed by atoms with E-state index in [-0.39, 0.29) is 30.0 Å². The second-order valence-electron chi connectivity index (χ2n) is 5.79. The highest BCUT2D eigenvalue weighted by atomic mass is 32.2. The van der Waals surface area contributed by atoms with Crippen LogP contribution < -0.4 is 10.0 Å². The monoisotopic (exact) mass is 366 g/mol. The molecule has 1 aromatic heterocycles. The maximum absolute atomic E-state index is 12.3. The minimum absolute atomic E-state index is 0.0285. The lowest BCUT2D eigenvalue weighted by atomic mass is 10.2. The maximum atomic E-state index is 12.3. The van der Waals surface area contributed by atoms with Crippen LogP contribution in [0.25, 0.3) is 0 Å². The molecule has 0 aliphatic rings. The molecule has 3 N–H and O–H groups in total. The number of hydrogen-bond acceptors (Lipinski definition) is 5. The highest BCUT2D eigenvalue weighted by Crippen LogP contribution is 2.14. The van der Waals surface area contributed by atoms with Crippen molar-refractivity contribution in [2.24, 2.45) is 0 Å². The summed E-state index contributed by atoms with van der Waals surface area (Å²) >= 11 is 0. The topological polar surface area (TPSA) is 113 Å². The summed E-state index contributed by atoms with van der Waals surface area (Å²) in [5.41, 5.74) is 1.28. The number of hydrogen-bond donors (Lipinski definition) is 3. The van der Waals surface area contributed by atoms with Gasteiger partial charge in [-0.1, -0.05) is 26.0 Å². The van der Waals surface area contributed by atoms with Gasteiger partial charge in [-0.3, -0.25) is 4.79 Å². The van der Waals surface area contributed by atoms with Crippen LogP contribution in [-0.2, 0) is 26.1 Å². The first kappa shape index (κ1) is 19.1.